The molecule has 0 bridgehead atoms. The molecule has 1 heteroatoms. The van der Waals surface area contributed by atoms with Gasteiger partial charge in [-0.1, -0.05) is 48.4 Å². The first-order valence-corrected chi connectivity index (χ1v) is 6.07. The summed E-state index contributed by atoms with van der Waals surface area (Å²) in [5, 5.41) is 2.70. The zero-order valence-electron chi connectivity index (χ0n) is 9.95. The van der Waals surface area contributed by atoms with Crippen LogP contribution in [0, 0.1) is 12.0 Å². The van der Waals surface area contributed by atoms with Crippen molar-refractivity contribution < 1.29 is 0 Å². The van der Waals surface area contributed by atoms with Gasteiger partial charge in [-0.15, -0.1) is 0 Å². The molecule has 17 heavy (non-hydrogen) atoms. The molecule has 0 aliphatic rings. The minimum absolute atomic E-state index is 0.904. The average molecular weight is 223 g/mol. The molecular weight excluding hydrogens is 206 g/mol. The smallest absolute Gasteiger partial charge is 0.0107 e. The van der Waals surface area contributed by atoms with Crippen molar-refractivity contribution in [1.29, 1.82) is 0 Å². The van der Waals surface area contributed by atoms with Gasteiger partial charge in [0.25, 0.3) is 0 Å². The van der Waals surface area contributed by atoms with Gasteiger partial charge in [0, 0.05) is 12.5 Å². The number of hydrogen-bond acceptors (Lipinski definition) is 1. The average Bonchev–Trinajstić information content (AvgIpc) is 2.39. The summed E-state index contributed by atoms with van der Waals surface area (Å²) in [5.41, 5.74) is 6.57. The van der Waals surface area contributed by atoms with E-state index in [4.69, 9.17) is 5.73 Å². The highest BCUT2D eigenvalue weighted by Gasteiger charge is 1.99. The van der Waals surface area contributed by atoms with Gasteiger partial charge in [0.05, 0.1) is 0 Å². The van der Waals surface area contributed by atoms with E-state index in [-0.39, 0.29) is 0 Å². The van der Waals surface area contributed by atoms with Crippen molar-refractivity contribution in [3.8, 4) is 12.0 Å². The van der Waals surface area contributed by atoms with Crippen LogP contribution >= 0.6 is 0 Å². The minimum Gasteiger partial charge on any atom is -0.359 e. The summed E-state index contributed by atoms with van der Waals surface area (Å²) in [5.74, 6) is 2.90. The first kappa shape index (κ1) is 11.5. The first-order chi connectivity index (χ1) is 8.42. The molecule has 0 atom stereocenters. The SMILES string of the molecule is NC#CCCCCc1cccc2ccccc12. The quantitative estimate of drug-likeness (QED) is 0.479. The Labute approximate surface area is 103 Å². The Morgan fingerprint density at radius 2 is 1.76 bits per heavy atom. The predicted molar refractivity (Wildman–Crippen MR) is 73.5 cm³/mol. The number of hydrogen-bond donors (Lipinski definition) is 1. The van der Waals surface area contributed by atoms with Crippen LogP contribution in [-0.4, -0.2) is 0 Å². The molecule has 0 saturated carbocycles. The maximum Gasteiger partial charge on any atom is 0.0107 e. The van der Waals surface area contributed by atoms with Gasteiger partial charge in [-0.2, -0.15) is 0 Å². The van der Waals surface area contributed by atoms with E-state index in [1.165, 1.54) is 22.8 Å². The first-order valence-electron chi connectivity index (χ1n) is 6.07. The number of aryl methyl sites for hydroxylation is 1. The largest absolute Gasteiger partial charge is 0.359 e. The van der Waals surface area contributed by atoms with Crippen molar-refractivity contribution in [2.45, 2.75) is 25.7 Å². The highest BCUT2D eigenvalue weighted by molar-refractivity contribution is 5.85. The molecule has 0 aromatic heterocycles. The standard InChI is InChI=1S/C16H17N/c17-13-6-2-1-3-8-14-10-7-11-15-9-4-5-12-16(14)15/h4-5,7,9-12H,1-3,8,17H2. The molecule has 2 N–H and O–H groups in total. The number of unbranched alkanes of at least 4 members (excludes halogenated alkanes) is 2. The minimum atomic E-state index is 0.904. The van der Waals surface area contributed by atoms with Crippen molar-refractivity contribution in [2.75, 3.05) is 0 Å². The third kappa shape index (κ3) is 3.01. The predicted octanol–water partition coefficient (Wildman–Crippen LogP) is 3.47. The Bertz CT molecular complexity index is 541. The number of fused-ring (bicyclic) bond motifs is 1. The Morgan fingerprint density at radius 1 is 0.941 bits per heavy atom. The summed E-state index contributed by atoms with van der Waals surface area (Å²) in [7, 11) is 0. The molecule has 0 spiro atoms. The molecule has 0 unspecified atom stereocenters. The zero-order valence-corrected chi connectivity index (χ0v) is 9.95. The fourth-order valence-corrected chi connectivity index (χ4v) is 2.11. The van der Waals surface area contributed by atoms with E-state index in [1.807, 2.05) is 0 Å². The van der Waals surface area contributed by atoms with Gasteiger partial charge in [0.1, 0.15) is 0 Å². The molecule has 0 amide bonds. The second-order valence-corrected chi connectivity index (χ2v) is 4.17. The van der Waals surface area contributed by atoms with Crippen LogP contribution in [0.3, 0.4) is 0 Å². The van der Waals surface area contributed by atoms with Crippen LogP contribution in [-0.2, 0) is 6.42 Å². The van der Waals surface area contributed by atoms with Gasteiger partial charge in [-0.25, -0.2) is 0 Å². The van der Waals surface area contributed by atoms with Crippen molar-refractivity contribution in [2.24, 2.45) is 5.73 Å². The lowest BCUT2D eigenvalue weighted by atomic mass is 10.00. The van der Waals surface area contributed by atoms with Crippen LogP contribution in [0.1, 0.15) is 24.8 Å². The van der Waals surface area contributed by atoms with E-state index in [9.17, 15) is 0 Å². The lowest BCUT2D eigenvalue weighted by Crippen LogP contribution is -1.88. The summed E-state index contributed by atoms with van der Waals surface area (Å²) >= 11 is 0. The summed E-state index contributed by atoms with van der Waals surface area (Å²) in [4.78, 5) is 0. The molecule has 0 radical (unpaired) electrons. The van der Waals surface area contributed by atoms with E-state index >= 15 is 0 Å². The third-order valence-electron chi connectivity index (χ3n) is 2.98. The van der Waals surface area contributed by atoms with E-state index in [1.54, 1.807) is 0 Å². The number of rotatable bonds is 4. The maximum absolute atomic E-state index is 5.14. The Hall–Kier alpha value is -1.94. The normalized spacial score (nSPS) is 9.88. The number of nitrogens with two attached hydrogens (primary N) is 1. The molecule has 86 valence electrons. The summed E-state index contributed by atoms with van der Waals surface area (Å²) in [6.07, 6.45) is 4.31. The molecule has 2 aromatic carbocycles. The Balaban J connectivity index is 2.05. The van der Waals surface area contributed by atoms with Crippen LogP contribution in [0.2, 0.25) is 0 Å². The molecule has 0 fully saturated rings. The molecular formula is C16H17N. The molecule has 0 heterocycles. The lowest BCUT2D eigenvalue weighted by molar-refractivity contribution is 0.759. The molecule has 1 nitrogen and oxygen atoms in total. The molecule has 0 aliphatic carbocycles. The van der Waals surface area contributed by atoms with E-state index in [0.717, 1.165) is 19.3 Å². The highest BCUT2D eigenvalue weighted by Crippen LogP contribution is 2.20. The van der Waals surface area contributed by atoms with Crippen molar-refractivity contribution in [3.63, 3.8) is 0 Å². The van der Waals surface area contributed by atoms with Crippen molar-refractivity contribution in [3.05, 3.63) is 48.0 Å². The maximum atomic E-state index is 5.14. The second-order valence-electron chi connectivity index (χ2n) is 4.17. The van der Waals surface area contributed by atoms with Gasteiger partial charge in [-0.05, 0) is 35.6 Å². The van der Waals surface area contributed by atoms with Crippen LogP contribution in [0.25, 0.3) is 10.8 Å². The van der Waals surface area contributed by atoms with E-state index in [2.05, 4.69) is 54.4 Å². The summed E-state index contributed by atoms with van der Waals surface area (Å²) in [6, 6.07) is 17.5. The van der Waals surface area contributed by atoms with Gasteiger partial charge in [0.2, 0.25) is 0 Å². The second kappa shape index (κ2) is 5.96. The van der Waals surface area contributed by atoms with E-state index < -0.39 is 0 Å². The summed E-state index contributed by atoms with van der Waals surface area (Å²) in [6.45, 7) is 0. The fraction of sp³-hybridized carbons (Fsp3) is 0.250. The Kier molecular flexibility index (Phi) is 4.05. The van der Waals surface area contributed by atoms with Gasteiger partial charge in [-0.3, -0.25) is 0 Å². The zero-order chi connectivity index (χ0) is 11.9. The molecule has 0 saturated heterocycles. The summed E-state index contributed by atoms with van der Waals surface area (Å²) < 4.78 is 0. The number of benzene rings is 2. The van der Waals surface area contributed by atoms with Crippen LogP contribution in [0.4, 0.5) is 0 Å². The van der Waals surface area contributed by atoms with Gasteiger partial charge in [0.15, 0.2) is 0 Å². The van der Waals surface area contributed by atoms with E-state index in [0.29, 0.717) is 0 Å². The van der Waals surface area contributed by atoms with Crippen molar-refractivity contribution >= 4 is 10.8 Å². The highest BCUT2D eigenvalue weighted by atomic mass is 14.4. The Morgan fingerprint density at radius 3 is 2.65 bits per heavy atom. The van der Waals surface area contributed by atoms with Crippen LogP contribution in [0.5, 0.6) is 0 Å². The topological polar surface area (TPSA) is 26.0 Å². The van der Waals surface area contributed by atoms with Gasteiger partial charge < -0.3 is 5.73 Å². The van der Waals surface area contributed by atoms with Crippen molar-refractivity contribution in [1.82, 2.24) is 0 Å². The molecule has 2 aromatic rings. The van der Waals surface area contributed by atoms with Crippen LogP contribution < -0.4 is 5.73 Å². The van der Waals surface area contributed by atoms with Crippen LogP contribution in [0.15, 0.2) is 42.5 Å². The fourth-order valence-electron chi connectivity index (χ4n) is 2.11. The molecule has 2 rings (SSSR count). The molecule has 0 aliphatic heterocycles. The monoisotopic (exact) mass is 223 g/mol. The lowest BCUT2D eigenvalue weighted by Gasteiger charge is -2.05. The third-order valence-corrected chi connectivity index (χ3v) is 2.98. The van der Waals surface area contributed by atoms with Gasteiger partial charge >= 0.3 is 0 Å².